The summed E-state index contributed by atoms with van der Waals surface area (Å²) < 4.78 is 7.59. The molecule has 4 heteroatoms. The van der Waals surface area contributed by atoms with Gasteiger partial charge in [-0.15, -0.1) is 0 Å². The largest absolute Gasteiger partial charge is 0.389 e. The van der Waals surface area contributed by atoms with Crippen molar-refractivity contribution in [1.29, 1.82) is 0 Å². The van der Waals surface area contributed by atoms with Gasteiger partial charge in [0, 0.05) is 25.1 Å². The summed E-state index contributed by atoms with van der Waals surface area (Å²) in [6, 6.07) is 2.36. The summed E-state index contributed by atoms with van der Waals surface area (Å²) in [5.74, 6) is 0. The highest BCUT2D eigenvalue weighted by Crippen LogP contribution is 2.34. The number of aromatic nitrogens is 2. The number of hydrogen-bond donors (Lipinski definition) is 1. The molecule has 0 saturated carbocycles. The van der Waals surface area contributed by atoms with Gasteiger partial charge in [0.2, 0.25) is 0 Å². The van der Waals surface area contributed by atoms with Crippen molar-refractivity contribution in [2.24, 2.45) is 0 Å². The first kappa shape index (κ1) is 13.6. The van der Waals surface area contributed by atoms with Crippen LogP contribution in [0.2, 0.25) is 0 Å². The first-order chi connectivity index (χ1) is 8.30. The molecule has 0 aromatic carbocycles. The molecule has 1 saturated heterocycles. The van der Waals surface area contributed by atoms with Crippen molar-refractivity contribution in [2.75, 3.05) is 6.61 Å². The molecule has 2 heterocycles. The second-order valence-electron chi connectivity index (χ2n) is 6.32. The summed E-state index contributed by atoms with van der Waals surface area (Å²) in [6.07, 6.45) is 3.94. The Hall–Kier alpha value is -0.870. The summed E-state index contributed by atoms with van der Waals surface area (Å²) >= 11 is 0. The van der Waals surface area contributed by atoms with Gasteiger partial charge >= 0.3 is 0 Å². The summed E-state index contributed by atoms with van der Waals surface area (Å²) in [5, 5.41) is 15.2. The normalized spacial score (nSPS) is 27.7. The van der Waals surface area contributed by atoms with Gasteiger partial charge in [0.05, 0.1) is 23.5 Å². The molecule has 0 aliphatic carbocycles. The Morgan fingerprint density at radius 1 is 1.50 bits per heavy atom. The summed E-state index contributed by atoms with van der Waals surface area (Å²) in [7, 11) is 0. The highest BCUT2D eigenvalue weighted by Gasteiger charge is 2.39. The van der Waals surface area contributed by atoms with Crippen LogP contribution in [0.25, 0.3) is 0 Å². The zero-order valence-electron chi connectivity index (χ0n) is 11.8. The van der Waals surface area contributed by atoms with Crippen molar-refractivity contribution >= 4 is 0 Å². The lowest BCUT2D eigenvalue weighted by molar-refractivity contribution is -0.143. The second-order valence-corrected chi connectivity index (χ2v) is 6.32. The van der Waals surface area contributed by atoms with Crippen molar-refractivity contribution in [2.45, 2.75) is 64.2 Å². The molecule has 1 aromatic heterocycles. The monoisotopic (exact) mass is 252 g/mol. The Balaban J connectivity index is 2.07. The molecular weight excluding hydrogens is 228 g/mol. The van der Waals surface area contributed by atoms with Crippen molar-refractivity contribution in [3.63, 3.8) is 0 Å². The van der Waals surface area contributed by atoms with Gasteiger partial charge in [-0.25, -0.2) is 0 Å². The van der Waals surface area contributed by atoms with E-state index in [4.69, 9.17) is 4.74 Å². The van der Waals surface area contributed by atoms with Gasteiger partial charge < -0.3 is 9.84 Å². The van der Waals surface area contributed by atoms with Crippen LogP contribution in [-0.2, 0) is 11.2 Å². The minimum Gasteiger partial charge on any atom is -0.389 e. The molecule has 18 heavy (non-hydrogen) atoms. The summed E-state index contributed by atoms with van der Waals surface area (Å²) in [6.45, 7) is 8.88. The molecule has 1 aromatic rings. The summed E-state index contributed by atoms with van der Waals surface area (Å²) in [5.41, 5.74) is 0.0369. The molecule has 4 nitrogen and oxygen atoms in total. The van der Waals surface area contributed by atoms with E-state index in [0.717, 1.165) is 5.69 Å². The Kier molecular flexibility index (Phi) is 3.52. The molecule has 1 atom stereocenters. The first-order valence-electron chi connectivity index (χ1n) is 6.70. The van der Waals surface area contributed by atoms with Gasteiger partial charge in [-0.1, -0.05) is 0 Å². The van der Waals surface area contributed by atoms with Crippen LogP contribution in [0.15, 0.2) is 12.3 Å². The van der Waals surface area contributed by atoms with Gasteiger partial charge in [0.25, 0.3) is 0 Å². The second kappa shape index (κ2) is 4.67. The van der Waals surface area contributed by atoms with Gasteiger partial charge in [-0.05, 0) is 40.2 Å². The molecule has 0 bridgehead atoms. The van der Waals surface area contributed by atoms with Crippen LogP contribution in [0.5, 0.6) is 0 Å². The molecule has 1 unspecified atom stereocenters. The SMILES string of the molecule is CC(C)n1ccc(CC2(O)CCOC(C)(C)C2)n1. The maximum atomic E-state index is 10.7. The molecule has 0 spiro atoms. The lowest BCUT2D eigenvalue weighted by Gasteiger charge is -2.41. The molecule has 1 aliphatic heterocycles. The Bertz CT molecular complexity index is 412. The van der Waals surface area contributed by atoms with E-state index in [9.17, 15) is 5.11 Å². The number of rotatable bonds is 3. The van der Waals surface area contributed by atoms with Crippen LogP contribution in [0.1, 0.15) is 52.3 Å². The van der Waals surface area contributed by atoms with Crippen molar-refractivity contribution in [1.82, 2.24) is 9.78 Å². The van der Waals surface area contributed by atoms with Gasteiger partial charge in [-0.3, -0.25) is 4.68 Å². The van der Waals surface area contributed by atoms with E-state index in [1.54, 1.807) is 0 Å². The van der Waals surface area contributed by atoms with Crippen LogP contribution in [0.4, 0.5) is 0 Å². The van der Waals surface area contributed by atoms with E-state index >= 15 is 0 Å². The third kappa shape index (κ3) is 3.12. The van der Waals surface area contributed by atoms with Crippen molar-refractivity contribution in [3.05, 3.63) is 18.0 Å². The van der Waals surface area contributed by atoms with E-state index in [1.807, 2.05) is 30.8 Å². The zero-order valence-corrected chi connectivity index (χ0v) is 11.8. The van der Waals surface area contributed by atoms with Crippen LogP contribution in [0.3, 0.4) is 0 Å². The third-order valence-electron chi connectivity index (χ3n) is 3.52. The van der Waals surface area contributed by atoms with Crippen LogP contribution >= 0.6 is 0 Å². The molecule has 1 fully saturated rings. The molecule has 1 aliphatic rings. The fourth-order valence-corrected chi connectivity index (χ4v) is 2.70. The van der Waals surface area contributed by atoms with Gasteiger partial charge in [0.15, 0.2) is 0 Å². The lowest BCUT2D eigenvalue weighted by atomic mass is 9.81. The molecule has 0 radical (unpaired) electrons. The lowest BCUT2D eigenvalue weighted by Crippen LogP contribution is -2.47. The van der Waals surface area contributed by atoms with E-state index in [1.165, 1.54) is 0 Å². The van der Waals surface area contributed by atoms with Crippen LogP contribution in [-0.4, -0.2) is 32.7 Å². The van der Waals surface area contributed by atoms with Crippen molar-refractivity contribution in [3.8, 4) is 0 Å². The number of ether oxygens (including phenoxy) is 1. The third-order valence-corrected chi connectivity index (χ3v) is 3.52. The molecular formula is C14H24N2O2. The fraction of sp³-hybridized carbons (Fsp3) is 0.786. The molecule has 0 amide bonds. The summed E-state index contributed by atoms with van der Waals surface area (Å²) in [4.78, 5) is 0. The average molecular weight is 252 g/mol. The highest BCUT2D eigenvalue weighted by molar-refractivity contribution is 5.06. The predicted molar refractivity (Wildman–Crippen MR) is 70.5 cm³/mol. The Morgan fingerprint density at radius 2 is 2.22 bits per heavy atom. The van der Waals surface area contributed by atoms with Gasteiger partial charge in [0.1, 0.15) is 0 Å². The number of hydrogen-bond acceptors (Lipinski definition) is 3. The van der Waals surface area contributed by atoms with Crippen molar-refractivity contribution < 1.29 is 9.84 Å². The zero-order chi connectivity index (χ0) is 13.4. The smallest absolute Gasteiger partial charge is 0.0752 e. The number of aliphatic hydroxyl groups is 1. The number of nitrogens with zero attached hydrogens (tertiary/aromatic N) is 2. The van der Waals surface area contributed by atoms with Gasteiger partial charge in [-0.2, -0.15) is 5.10 Å². The van der Waals surface area contributed by atoms with E-state index < -0.39 is 5.60 Å². The average Bonchev–Trinajstić information content (AvgIpc) is 2.63. The maximum absolute atomic E-state index is 10.7. The minimum absolute atomic E-state index is 0.242. The van der Waals surface area contributed by atoms with Crippen LogP contribution < -0.4 is 0 Å². The molecule has 1 N–H and O–H groups in total. The maximum Gasteiger partial charge on any atom is 0.0752 e. The minimum atomic E-state index is -0.683. The first-order valence-corrected chi connectivity index (χ1v) is 6.70. The van der Waals surface area contributed by atoms with E-state index in [2.05, 4.69) is 18.9 Å². The quantitative estimate of drug-likeness (QED) is 0.898. The molecule has 2 rings (SSSR count). The standard InChI is InChI=1S/C14H24N2O2/c1-11(2)16-7-5-12(15-16)9-14(17)6-8-18-13(3,4)10-14/h5,7,11,17H,6,8-10H2,1-4H3. The highest BCUT2D eigenvalue weighted by atomic mass is 16.5. The topological polar surface area (TPSA) is 47.3 Å². The van der Waals surface area contributed by atoms with E-state index in [-0.39, 0.29) is 5.60 Å². The predicted octanol–water partition coefficient (Wildman–Crippen LogP) is 2.33. The Labute approximate surface area is 109 Å². The fourth-order valence-electron chi connectivity index (χ4n) is 2.70. The molecule has 102 valence electrons. The van der Waals surface area contributed by atoms with E-state index in [0.29, 0.717) is 31.9 Å². The Morgan fingerprint density at radius 3 is 2.78 bits per heavy atom. The van der Waals surface area contributed by atoms with Crippen LogP contribution in [0, 0.1) is 0 Å².